The normalized spacial score (nSPS) is 10.7. The standard InChI is InChI=1S/C33H39BrO6/c1-5-6-7-8-9-10-20-37-28-15-11-26(12-16-28)32(35)39-30-22-23(2)31(25(4)24(30)3)40-33(36)27-13-17-29(18-14-27)38-21-19-34/h11-18,22H,5-10,19-21H2,1-4H3. The molecule has 0 atom stereocenters. The van der Waals surface area contributed by atoms with Crippen molar-refractivity contribution >= 4 is 27.9 Å². The first-order chi connectivity index (χ1) is 19.3. The Morgan fingerprint density at radius 1 is 0.675 bits per heavy atom. The van der Waals surface area contributed by atoms with Crippen LogP contribution in [-0.2, 0) is 0 Å². The van der Waals surface area contributed by atoms with Gasteiger partial charge in [0.15, 0.2) is 0 Å². The lowest BCUT2D eigenvalue weighted by atomic mass is 10.0. The van der Waals surface area contributed by atoms with E-state index in [1.54, 1.807) is 54.6 Å². The maximum Gasteiger partial charge on any atom is 0.343 e. The van der Waals surface area contributed by atoms with Gasteiger partial charge in [-0.05, 0) is 98.5 Å². The van der Waals surface area contributed by atoms with Gasteiger partial charge in [0.25, 0.3) is 0 Å². The first-order valence-electron chi connectivity index (χ1n) is 13.9. The van der Waals surface area contributed by atoms with Crippen LogP contribution >= 0.6 is 15.9 Å². The monoisotopic (exact) mass is 610 g/mol. The van der Waals surface area contributed by atoms with Gasteiger partial charge in [-0.1, -0.05) is 55.0 Å². The number of benzene rings is 3. The highest BCUT2D eigenvalue weighted by atomic mass is 79.9. The maximum absolute atomic E-state index is 12.9. The van der Waals surface area contributed by atoms with Crippen molar-refractivity contribution in [3.05, 3.63) is 82.4 Å². The third kappa shape index (κ3) is 9.12. The van der Waals surface area contributed by atoms with Gasteiger partial charge in [0, 0.05) is 5.33 Å². The molecule has 214 valence electrons. The molecule has 40 heavy (non-hydrogen) atoms. The van der Waals surface area contributed by atoms with Gasteiger partial charge in [-0.3, -0.25) is 0 Å². The number of hydrogen-bond acceptors (Lipinski definition) is 6. The third-order valence-corrected chi connectivity index (χ3v) is 6.99. The number of alkyl halides is 1. The Labute approximate surface area is 246 Å². The van der Waals surface area contributed by atoms with Gasteiger partial charge < -0.3 is 18.9 Å². The number of halogens is 1. The van der Waals surface area contributed by atoms with Crippen molar-refractivity contribution in [2.24, 2.45) is 0 Å². The molecule has 3 aromatic carbocycles. The lowest BCUT2D eigenvalue weighted by Crippen LogP contribution is -2.13. The van der Waals surface area contributed by atoms with E-state index in [4.69, 9.17) is 18.9 Å². The van der Waals surface area contributed by atoms with E-state index < -0.39 is 11.9 Å². The van der Waals surface area contributed by atoms with Gasteiger partial charge in [0.05, 0.1) is 24.3 Å². The summed E-state index contributed by atoms with van der Waals surface area (Å²) >= 11 is 3.32. The lowest BCUT2D eigenvalue weighted by Gasteiger charge is -2.16. The van der Waals surface area contributed by atoms with Crippen molar-refractivity contribution in [3.8, 4) is 23.0 Å². The number of unbranched alkanes of at least 4 members (excludes halogenated alkanes) is 5. The molecule has 0 bridgehead atoms. The first kappa shape index (κ1) is 31.2. The smallest absolute Gasteiger partial charge is 0.343 e. The summed E-state index contributed by atoms with van der Waals surface area (Å²) in [5.41, 5.74) is 2.99. The molecule has 3 rings (SSSR count). The lowest BCUT2D eigenvalue weighted by molar-refractivity contribution is 0.0716. The molecular formula is C33H39BrO6. The molecule has 0 aliphatic carbocycles. The molecule has 0 radical (unpaired) electrons. The van der Waals surface area contributed by atoms with Gasteiger partial charge >= 0.3 is 11.9 Å². The molecule has 0 unspecified atom stereocenters. The summed E-state index contributed by atoms with van der Waals surface area (Å²) in [6.45, 7) is 8.92. The largest absolute Gasteiger partial charge is 0.494 e. The summed E-state index contributed by atoms with van der Waals surface area (Å²) < 4.78 is 22.8. The van der Waals surface area contributed by atoms with Crippen LogP contribution in [0, 0.1) is 20.8 Å². The minimum absolute atomic E-state index is 0.414. The van der Waals surface area contributed by atoms with Crippen LogP contribution in [0.4, 0.5) is 0 Å². The van der Waals surface area contributed by atoms with E-state index in [0.717, 1.165) is 28.6 Å². The topological polar surface area (TPSA) is 71.1 Å². The molecule has 0 aliphatic rings. The second kappa shape index (κ2) is 16.1. The highest BCUT2D eigenvalue weighted by Crippen LogP contribution is 2.34. The molecule has 0 fully saturated rings. The summed E-state index contributed by atoms with van der Waals surface area (Å²) in [5, 5.41) is 0.723. The quantitative estimate of drug-likeness (QED) is 0.0742. The highest BCUT2D eigenvalue weighted by Gasteiger charge is 2.19. The van der Waals surface area contributed by atoms with Crippen LogP contribution in [0.25, 0.3) is 0 Å². The molecule has 6 nitrogen and oxygen atoms in total. The van der Waals surface area contributed by atoms with Gasteiger partial charge in [0.2, 0.25) is 0 Å². The van der Waals surface area contributed by atoms with Crippen LogP contribution < -0.4 is 18.9 Å². The van der Waals surface area contributed by atoms with Gasteiger partial charge in [-0.15, -0.1) is 0 Å². The Kier molecular flexibility index (Phi) is 12.5. The second-order valence-corrected chi connectivity index (χ2v) is 10.5. The molecule has 0 amide bonds. The van der Waals surface area contributed by atoms with E-state index >= 15 is 0 Å². The molecule has 0 heterocycles. The van der Waals surface area contributed by atoms with Crippen LogP contribution in [0.1, 0.15) is 82.9 Å². The highest BCUT2D eigenvalue weighted by molar-refractivity contribution is 9.09. The van der Waals surface area contributed by atoms with E-state index in [-0.39, 0.29) is 0 Å². The number of carbonyl (C=O) groups excluding carboxylic acids is 2. The van der Waals surface area contributed by atoms with E-state index in [1.165, 1.54) is 32.1 Å². The van der Waals surface area contributed by atoms with E-state index in [0.29, 0.717) is 47.2 Å². The number of rotatable bonds is 15. The van der Waals surface area contributed by atoms with Crippen molar-refractivity contribution < 1.29 is 28.5 Å². The molecule has 7 heteroatoms. The van der Waals surface area contributed by atoms with Crippen molar-refractivity contribution in [3.63, 3.8) is 0 Å². The van der Waals surface area contributed by atoms with Crippen LogP contribution in [-0.4, -0.2) is 30.5 Å². The van der Waals surface area contributed by atoms with Crippen molar-refractivity contribution in [2.45, 2.75) is 66.2 Å². The second-order valence-electron chi connectivity index (χ2n) is 9.75. The fourth-order valence-corrected chi connectivity index (χ4v) is 4.36. The SMILES string of the molecule is CCCCCCCCOc1ccc(C(=O)Oc2cc(C)c(OC(=O)c3ccc(OCCBr)cc3)c(C)c2C)cc1. The van der Waals surface area contributed by atoms with Crippen molar-refractivity contribution in [1.29, 1.82) is 0 Å². The summed E-state index contributed by atoms with van der Waals surface area (Å²) in [5.74, 6) is 1.36. The minimum atomic E-state index is -0.471. The van der Waals surface area contributed by atoms with Gasteiger partial charge in [0.1, 0.15) is 23.0 Å². The van der Waals surface area contributed by atoms with Crippen molar-refractivity contribution in [1.82, 2.24) is 0 Å². The van der Waals surface area contributed by atoms with E-state index in [9.17, 15) is 9.59 Å². The average molecular weight is 612 g/mol. The number of aryl methyl sites for hydroxylation is 1. The predicted molar refractivity (Wildman–Crippen MR) is 162 cm³/mol. The van der Waals surface area contributed by atoms with Gasteiger partial charge in [-0.25, -0.2) is 9.59 Å². The summed E-state index contributed by atoms with van der Waals surface area (Å²) in [7, 11) is 0. The molecular weight excluding hydrogens is 572 g/mol. The summed E-state index contributed by atoms with van der Waals surface area (Å²) in [6.07, 6.45) is 7.25. The molecule has 0 aliphatic heterocycles. The van der Waals surface area contributed by atoms with Gasteiger partial charge in [-0.2, -0.15) is 0 Å². The van der Waals surface area contributed by atoms with Crippen LogP contribution in [0.15, 0.2) is 54.6 Å². The fourth-order valence-electron chi connectivity index (χ4n) is 4.20. The molecule has 0 saturated heterocycles. The average Bonchev–Trinajstić information content (AvgIpc) is 2.96. The van der Waals surface area contributed by atoms with Crippen LogP contribution in [0.2, 0.25) is 0 Å². The molecule has 3 aromatic rings. The Morgan fingerprint density at radius 2 is 1.20 bits per heavy atom. The summed E-state index contributed by atoms with van der Waals surface area (Å²) in [6, 6.07) is 15.5. The van der Waals surface area contributed by atoms with E-state index in [1.807, 2.05) is 20.8 Å². The number of ether oxygens (including phenoxy) is 4. The van der Waals surface area contributed by atoms with E-state index in [2.05, 4.69) is 22.9 Å². The number of esters is 2. The van der Waals surface area contributed by atoms with Crippen molar-refractivity contribution in [2.75, 3.05) is 18.5 Å². The number of hydrogen-bond donors (Lipinski definition) is 0. The Balaban J connectivity index is 1.58. The number of carbonyl (C=O) groups is 2. The molecule has 0 saturated carbocycles. The zero-order valence-corrected chi connectivity index (χ0v) is 25.5. The third-order valence-electron chi connectivity index (χ3n) is 6.67. The fraction of sp³-hybridized carbons (Fsp3) is 0.394. The Hall–Kier alpha value is -3.32. The predicted octanol–water partition coefficient (Wildman–Crippen LogP) is 8.56. The Morgan fingerprint density at radius 3 is 1.77 bits per heavy atom. The maximum atomic E-state index is 12.9. The zero-order valence-electron chi connectivity index (χ0n) is 23.9. The molecule has 0 spiro atoms. The zero-order chi connectivity index (χ0) is 28.9. The molecule has 0 aromatic heterocycles. The Bertz CT molecular complexity index is 1250. The summed E-state index contributed by atoms with van der Waals surface area (Å²) in [4.78, 5) is 25.7. The van der Waals surface area contributed by atoms with Crippen LogP contribution in [0.5, 0.6) is 23.0 Å². The minimum Gasteiger partial charge on any atom is -0.494 e. The van der Waals surface area contributed by atoms with Crippen LogP contribution in [0.3, 0.4) is 0 Å². The first-order valence-corrected chi connectivity index (χ1v) is 15.0. The molecule has 0 N–H and O–H groups in total.